The van der Waals surface area contributed by atoms with Gasteiger partial charge in [0.05, 0.1) is 11.4 Å². The van der Waals surface area contributed by atoms with Crippen LogP contribution >= 0.6 is 11.8 Å². The molecular weight excluding hydrogens is 465 g/mol. The van der Waals surface area contributed by atoms with Crippen LogP contribution in [0.15, 0.2) is 90.1 Å². The van der Waals surface area contributed by atoms with Crippen molar-refractivity contribution >= 4 is 23.4 Å². The van der Waals surface area contributed by atoms with Crippen LogP contribution in [0.1, 0.15) is 0 Å². The summed E-state index contributed by atoms with van der Waals surface area (Å²) in [4.78, 5) is 12.6. The van der Waals surface area contributed by atoms with Gasteiger partial charge in [-0.1, -0.05) is 72.4 Å². The molecule has 0 saturated heterocycles. The molecule has 0 saturated carbocycles. The Morgan fingerprint density at radius 2 is 1.56 bits per heavy atom. The number of carbonyl (C=O) groups excluding carboxylic acids is 1. The summed E-state index contributed by atoms with van der Waals surface area (Å²) < 4.78 is 44.2. The summed E-state index contributed by atoms with van der Waals surface area (Å²) >= 11 is 1.16. The minimum Gasteiger partial charge on any atom is -0.482 e. The number of nitrogens with one attached hydrogen (secondary N) is 1. The molecule has 10 heteroatoms. The Hall–Kier alpha value is -3.79. The number of nitrogens with zero attached hydrogens (tertiary/aromatic N) is 3. The Labute approximate surface area is 197 Å². The number of para-hydroxylation sites is 3. The minimum absolute atomic E-state index is 0.0344. The number of alkyl halides is 3. The standard InChI is InChI=1S/C24H19F3N4O2S/c25-24(26,27)16-33-20-14-8-7-13-19(20)28-21(32)15-34-23-30-29-22(17-9-3-1-4-10-17)31(23)18-11-5-2-6-12-18/h1-14H,15-16H2,(H,28,32). The van der Waals surface area contributed by atoms with E-state index in [9.17, 15) is 18.0 Å². The van der Waals surface area contributed by atoms with Crippen molar-refractivity contribution in [3.8, 4) is 22.8 Å². The zero-order valence-electron chi connectivity index (χ0n) is 17.7. The van der Waals surface area contributed by atoms with Crippen LogP contribution in [0.5, 0.6) is 5.75 Å². The molecule has 0 fully saturated rings. The van der Waals surface area contributed by atoms with Gasteiger partial charge in [0.15, 0.2) is 17.6 Å². The van der Waals surface area contributed by atoms with Crippen LogP contribution in [0, 0.1) is 0 Å². The molecule has 0 bridgehead atoms. The van der Waals surface area contributed by atoms with Crippen molar-refractivity contribution < 1.29 is 22.7 Å². The first-order valence-corrected chi connectivity index (χ1v) is 11.2. The second-order valence-corrected chi connectivity index (χ2v) is 8.02. The summed E-state index contributed by atoms with van der Waals surface area (Å²) in [7, 11) is 0. The molecule has 0 aliphatic rings. The predicted octanol–water partition coefficient (Wildman–Crippen LogP) is 5.61. The highest BCUT2D eigenvalue weighted by molar-refractivity contribution is 7.99. The van der Waals surface area contributed by atoms with Gasteiger partial charge in [-0.05, 0) is 24.3 Å². The molecule has 174 valence electrons. The van der Waals surface area contributed by atoms with E-state index in [0.717, 1.165) is 23.0 Å². The lowest BCUT2D eigenvalue weighted by atomic mass is 10.2. The highest BCUT2D eigenvalue weighted by Gasteiger charge is 2.29. The average molecular weight is 485 g/mol. The van der Waals surface area contributed by atoms with E-state index in [1.54, 1.807) is 6.07 Å². The molecule has 4 rings (SSSR count). The monoisotopic (exact) mass is 484 g/mol. The number of aromatic nitrogens is 3. The van der Waals surface area contributed by atoms with Gasteiger partial charge < -0.3 is 10.1 Å². The number of halogens is 3. The van der Waals surface area contributed by atoms with Crippen molar-refractivity contribution in [2.45, 2.75) is 11.3 Å². The fourth-order valence-corrected chi connectivity index (χ4v) is 3.87. The van der Waals surface area contributed by atoms with Crippen molar-refractivity contribution in [1.82, 2.24) is 14.8 Å². The van der Waals surface area contributed by atoms with Gasteiger partial charge in [-0.15, -0.1) is 10.2 Å². The number of carbonyl (C=O) groups is 1. The maximum absolute atomic E-state index is 12.6. The molecular formula is C24H19F3N4O2S. The minimum atomic E-state index is -4.48. The highest BCUT2D eigenvalue weighted by Crippen LogP contribution is 2.29. The highest BCUT2D eigenvalue weighted by atomic mass is 32.2. The van der Waals surface area contributed by atoms with Crippen molar-refractivity contribution in [2.24, 2.45) is 0 Å². The Bertz CT molecular complexity index is 1250. The smallest absolute Gasteiger partial charge is 0.422 e. The van der Waals surface area contributed by atoms with E-state index in [1.165, 1.54) is 18.2 Å². The molecule has 1 heterocycles. The van der Waals surface area contributed by atoms with Crippen LogP contribution in [-0.4, -0.2) is 39.2 Å². The summed E-state index contributed by atoms with van der Waals surface area (Å²) in [5, 5.41) is 11.7. The zero-order valence-corrected chi connectivity index (χ0v) is 18.5. The van der Waals surface area contributed by atoms with Crippen molar-refractivity contribution in [3.05, 3.63) is 84.9 Å². The van der Waals surface area contributed by atoms with Gasteiger partial charge in [0.25, 0.3) is 0 Å². The summed E-state index contributed by atoms with van der Waals surface area (Å²) in [5.74, 6) is 0.113. The quantitative estimate of drug-likeness (QED) is 0.330. The second-order valence-electron chi connectivity index (χ2n) is 7.08. The Balaban J connectivity index is 1.51. The molecule has 0 unspecified atom stereocenters. The predicted molar refractivity (Wildman–Crippen MR) is 124 cm³/mol. The topological polar surface area (TPSA) is 69.0 Å². The lowest BCUT2D eigenvalue weighted by Gasteiger charge is -2.14. The Morgan fingerprint density at radius 1 is 0.912 bits per heavy atom. The fraction of sp³-hybridized carbons (Fsp3) is 0.125. The summed E-state index contributed by atoms with van der Waals surface area (Å²) in [6.07, 6.45) is -4.48. The number of anilines is 1. The third-order valence-electron chi connectivity index (χ3n) is 4.56. The van der Waals surface area contributed by atoms with Crippen LogP contribution in [-0.2, 0) is 4.79 Å². The number of benzene rings is 3. The normalized spacial score (nSPS) is 11.3. The molecule has 34 heavy (non-hydrogen) atoms. The largest absolute Gasteiger partial charge is 0.482 e. The van der Waals surface area contributed by atoms with Gasteiger partial charge in [-0.3, -0.25) is 9.36 Å². The molecule has 0 radical (unpaired) electrons. The maximum atomic E-state index is 12.6. The number of rotatable bonds is 8. The van der Waals surface area contributed by atoms with E-state index in [0.29, 0.717) is 11.0 Å². The van der Waals surface area contributed by atoms with Crippen molar-refractivity contribution in [2.75, 3.05) is 17.7 Å². The first-order valence-electron chi connectivity index (χ1n) is 10.2. The van der Waals surface area contributed by atoms with E-state index in [-0.39, 0.29) is 17.2 Å². The summed E-state index contributed by atoms with van der Waals surface area (Å²) in [6.45, 7) is -1.45. The van der Waals surface area contributed by atoms with Gasteiger partial charge in [0.2, 0.25) is 5.91 Å². The van der Waals surface area contributed by atoms with Gasteiger partial charge in [0.1, 0.15) is 5.75 Å². The Kier molecular flexibility index (Phi) is 7.17. The van der Waals surface area contributed by atoms with Crippen LogP contribution < -0.4 is 10.1 Å². The second kappa shape index (κ2) is 10.4. The number of hydrogen-bond donors (Lipinski definition) is 1. The van der Waals surface area contributed by atoms with Crippen LogP contribution in [0.2, 0.25) is 0 Å². The summed E-state index contributed by atoms with van der Waals surface area (Å²) in [5.41, 5.74) is 1.86. The Morgan fingerprint density at radius 3 is 2.26 bits per heavy atom. The number of thioether (sulfide) groups is 1. The summed E-state index contributed by atoms with van der Waals surface area (Å²) in [6, 6.07) is 25.0. The molecule has 1 amide bonds. The number of hydrogen-bond acceptors (Lipinski definition) is 5. The van der Waals surface area contributed by atoms with Gasteiger partial charge in [0, 0.05) is 11.3 Å². The lowest BCUT2D eigenvalue weighted by Crippen LogP contribution is -2.20. The van der Waals surface area contributed by atoms with E-state index < -0.39 is 18.7 Å². The lowest BCUT2D eigenvalue weighted by molar-refractivity contribution is -0.153. The first-order chi connectivity index (χ1) is 16.4. The van der Waals surface area contributed by atoms with E-state index >= 15 is 0 Å². The van der Waals surface area contributed by atoms with Crippen molar-refractivity contribution in [1.29, 1.82) is 0 Å². The molecule has 1 aromatic heterocycles. The fourth-order valence-electron chi connectivity index (χ4n) is 3.12. The third kappa shape index (κ3) is 5.96. The average Bonchev–Trinajstić information content (AvgIpc) is 3.27. The molecule has 3 aromatic carbocycles. The van der Waals surface area contributed by atoms with Crippen LogP contribution in [0.25, 0.3) is 17.1 Å². The van der Waals surface area contributed by atoms with Gasteiger partial charge >= 0.3 is 6.18 Å². The first kappa shape index (κ1) is 23.4. The third-order valence-corrected chi connectivity index (χ3v) is 5.49. The van der Waals surface area contributed by atoms with E-state index in [2.05, 4.69) is 15.5 Å². The molecule has 0 atom stereocenters. The molecule has 0 aliphatic carbocycles. The number of amides is 1. The van der Waals surface area contributed by atoms with Crippen molar-refractivity contribution in [3.63, 3.8) is 0 Å². The molecule has 4 aromatic rings. The van der Waals surface area contributed by atoms with Crippen LogP contribution in [0.4, 0.5) is 18.9 Å². The van der Waals surface area contributed by atoms with Gasteiger partial charge in [-0.25, -0.2) is 0 Å². The molecule has 1 N–H and O–H groups in total. The van der Waals surface area contributed by atoms with E-state index in [4.69, 9.17) is 4.74 Å². The molecule has 0 spiro atoms. The maximum Gasteiger partial charge on any atom is 0.422 e. The molecule has 0 aliphatic heterocycles. The molecule has 6 nitrogen and oxygen atoms in total. The number of ether oxygens (including phenoxy) is 1. The zero-order chi connectivity index (χ0) is 24.0. The van der Waals surface area contributed by atoms with E-state index in [1.807, 2.05) is 65.2 Å². The van der Waals surface area contributed by atoms with Crippen LogP contribution in [0.3, 0.4) is 0 Å². The SMILES string of the molecule is O=C(CSc1nnc(-c2ccccc2)n1-c1ccccc1)Nc1ccccc1OCC(F)(F)F. The van der Waals surface area contributed by atoms with Gasteiger partial charge in [-0.2, -0.15) is 13.2 Å².